The van der Waals surface area contributed by atoms with Crippen molar-refractivity contribution in [2.45, 2.75) is 26.7 Å². The van der Waals surface area contributed by atoms with E-state index >= 15 is 0 Å². The van der Waals surface area contributed by atoms with E-state index < -0.39 is 0 Å². The Balaban J connectivity index is 1.63. The summed E-state index contributed by atoms with van der Waals surface area (Å²) in [5.41, 5.74) is 2.95. The molecule has 0 N–H and O–H groups in total. The summed E-state index contributed by atoms with van der Waals surface area (Å²) < 4.78 is 13.0. The zero-order chi connectivity index (χ0) is 19.4. The molecular formula is C22H25FN2O2. The van der Waals surface area contributed by atoms with Crippen LogP contribution in [0.3, 0.4) is 0 Å². The first-order chi connectivity index (χ1) is 13.0. The van der Waals surface area contributed by atoms with Gasteiger partial charge in [0.15, 0.2) is 0 Å². The molecule has 2 amide bonds. The van der Waals surface area contributed by atoms with E-state index in [4.69, 9.17) is 0 Å². The van der Waals surface area contributed by atoms with Crippen molar-refractivity contribution in [3.05, 3.63) is 65.5 Å². The third-order valence-corrected chi connectivity index (χ3v) is 5.04. The lowest BCUT2D eigenvalue weighted by Gasteiger charge is -2.24. The van der Waals surface area contributed by atoms with Gasteiger partial charge in [-0.05, 0) is 55.7 Å². The minimum atomic E-state index is -0.314. The number of amides is 2. The number of carbonyl (C=O) groups is 2. The number of aryl methyl sites for hydroxylation is 1. The van der Waals surface area contributed by atoms with E-state index in [1.807, 2.05) is 38.1 Å². The van der Waals surface area contributed by atoms with Crippen LogP contribution < -0.4 is 4.90 Å². The molecule has 142 valence electrons. The van der Waals surface area contributed by atoms with Gasteiger partial charge in [-0.25, -0.2) is 4.39 Å². The Labute approximate surface area is 159 Å². The molecule has 1 fully saturated rings. The van der Waals surface area contributed by atoms with Crippen LogP contribution in [-0.4, -0.2) is 36.3 Å². The van der Waals surface area contributed by atoms with Crippen molar-refractivity contribution in [3.63, 3.8) is 0 Å². The molecule has 0 aliphatic carbocycles. The van der Waals surface area contributed by atoms with Crippen molar-refractivity contribution in [2.75, 3.05) is 24.5 Å². The van der Waals surface area contributed by atoms with Gasteiger partial charge in [-0.2, -0.15) is 0 Å². The van der Waals surface area contributed by atoms with Crippen molar-refractivity contribution in [2.24, 2.45) is 5.92 Å². The van der Waals surface area contributed by atoms with Gasteiger partial charge >= 0.3 is 0 Å². The molecule has 1 atom stereocenters. The van der Waals surface area contributed by atoms with E-state index in [0.717, 1.165) is 16.8 Å². The predicted octanol–water partition coefficient (Wildman–Crippen LogP) is 3.58. The molecular weight excluding hydrogens is 343 g/mol. The molecule has 1 aliphatic rings. The third kappa shape index (κ3) is 4.54. The molecule has 5 heteroatoms. The van der Waals surface area contributed by atoms with Crippen LogP contribution >= 0.6 is 0 Å². The molecule has 1 unspecified atom stereocenters. The molecule has 0 bridgehead atoms. The SMILES string of the molecule is CCN(C(=O)C1CC(=O)N(CCc2ccc(F)cc2)C1)c1cccc(C)c1. The summed E-state index contributed by atoms with van der Waals surface area (Å²) in [6.07, 6.45) is 0.910. The van der Waals surface area contributed by atoms with Crippen molar-refractivity contribution >= 4 is 17.5 Å². The van der Waals surface area contributed by atoms with Gasteiger partial charge in [-0.1, -0.05) is 24.3 Å². The van der Waals surface area contributed by atoms with Gasteiger partial charge in [0.05, 0.1) is 5.92 Å². The molecule has 0 saturated carbocycles. The standard InChI is InChI=1S/C22H25FN2O2/c1-3-25(20-6-4-5-16(2)13-20)22(27)18-14-21(26)24(15-18)12-11-17-7-9-19(23)10-8-17/h4-10,13,18H,3,11-12,14-15H2,1-2H3. The van der Waals surface area contributed by atoms with Crippen LogP contribution in [0, 0.1) is 18.7 Å². The number of nitrogens with zero attached hydrogens (tertiary/aromatic N) is 2. The number of halogens is 1. The minimum Gasteiger partial charge on any atom is -0.342 e. The zero-order valence-electron chi connectivity index (χ0n) is 15.8. The lowest BCUT2D eigenvalue weighted by molar-refractivity contribution is -0.128. The Hall–Kier alpha value is -2.69. The third-order valence-electron chi connectivity index (χ3n) is 5.04. The van der Waals surface area contributed by atoms with Crippen LogP contribution in [0.1, 0.15) is 24.5 Å². The lowest BCUT2D eigenvalue weighted by atomic mass is 10.1. The van der Waals surface area contributed by atoms with E-state index in [1.54, 1.807) is 21.9 Å². The molecule has 2 aromatic rings. The van der Waals surface area contributed by atoms with E-state index in [1.165, 1.54) is 12.1 Å². The van der Waals surface area contributed by atoms with Gasteiger partial charge in [0, 0.05) is 31.7 Å². The van der Waals surface area contributed by atoms with Crippen LogP contribution in [0.2, 0.25) is 0 Å². The highest BCUT2D eigenvalue weighted by atomic mass is 19.1. The monoisotopic (exact) mass is 368 g/mol. The number of anilines is 1. The van der Waals surface area contributed by atoms with Crippen LogP contribution in [-0.2, 0) is 16.0 Å². The van der Waals surface area contributed by atoms with Crippen LogP contribution in [0.15, 0.2) is 48.5 Å². The predicted molar refractivity (Wildman–Crippen MR) is 104 cm³/mol. The van der Waals surface area contributed by atoms with E-state index in [-0.39, 0.29) is 30.0 Å². The van der Waals surface area contributed by atoms with Crippen LogP contribution in [0.25, 0.3) is 0 Å². The molecule has 0 aromatic heterocycles. The van der Waals surface area contributed by atoms with Crippen LogP contribution in [0.4, 0.5) is 10.1 Å². The van der Waals surface area contributed by atoms with Gasteiger partial charge in [-0.3, -0.25) is 9.59 Å². The fraction of sp³-hybridized carbons (Fsp3) is 0.364. The van der Waals surface area contributed by atoms with Crippen molar-refractivity contribution < 1.29 is 14.0 Å². The van der Waals surface area contributed by atoms with Crippen LogP contribution in [0.5, 0.6) is 0 Å². The Morgan fingerprint density at radius 2 is 1.96 bits per heavy atom. The molecule has 0 spiro atoms. The first-order valence-corrected chi connectivity index (χ1v) is 9.38. The number of hydrogen-bond donors (Lipinski definition) is 0. The molecule has 3 rings (SSSR count). The fourth-order valence-corrected chi connectivity index (χ4v) is 3.55. The van der Waals surface area contributed by atoms with Gasteiger partial charge in [-0.15, -0.1) is 0 Å². The summed E-state index contributed by atoms with van der Waals surface area (Å²) in [4.78, 5) is 28.9. The number of rotatable bonds is 6. The normalized spacial score (nSPS) is 16.6. The zero-order valence-corrected chi connectivity index (χ0v) is 15.8. The molecule has 27 heavy (non-hydrogen) atoms. The maximum absolute atomic E-state index is 13.0. The Morgan fingerprint density at radius 3 is 2.63 bits per heavy atom. The van der Waals surface area contributed by atoms with Crippen molar-refractivity contribution in [1.82, 2.24) is 4.90 Å². The summed E-state index contributed by atoms with van der Waals surface area (Å²) in [6.45, 7) is 5.51. The second-order valence-electron chi connectivity index (χ2n) is 7.04. The topological polar surface area (TPSA) is 40.6 Å². The van der Waals surface area contributed by atoms with E-state index in [2.05, 4.69) is 0 Å². The molecule has 2 aromatic carbocycles. The Morgan fingerprint density at radius 1 is 1.22 bits per heavy atom. The minimum absolute atomic E-state index is 0.000678. The summed E-state index contributed by atoms with van der Waals surface area (Å²) >= 11 is 0. The molecule has 4 nitrogen and oxygen atoms in total. The average molecular weight is 368 g/mol. The smallest absolute Gasteiger partial charge is 0.232 e. The number of likely N-dealkylation sites (tertiary alicyclic amines) is 1. The van der Waals surface area contributed by atoms with Crippen molar-refractivity contribution in [3.8, 4) is 0 Å². The number of benzene rings is 2. The molecule has 1 heterocycles. The van der Waals surface area contributed by atoms with Gasteiger partial charge in [0.1, 0.15) is 5.82 Å². The molecule has 1 saturated heterocycles. The van der Waals surface area contributed by atoms with Gasteiger partial charge < -0.3 is 9.80 Å². The van der Waals surface area contributed by atoms with E-state index in [9.17, 15) is 14.0 Å². The summed E-state index contributed by atoms with van der Waals surface area (Å²) in [5.74, 6) is -0.569. The molecule has 1 aliphatic heterocycles. The summed E-state index contributed by atoms with van der Waals surface area (Å²) in [7, 11) is 0. The van der Waals surface area contributed by atoms with Crippen molar-refractivity contribution in [1.29, 1.82) is 0 Å². The fourth-order valence-electron chi connectivity index (χ4n) is 3.55. The molecule has 0 radical (unpaired) electrons. The maximum Gasteiger partial charge on any atom is 0.232 e. The maximum atomic E-state index is 13.0. The van der Waals surface area contributed by atoms with Gasteiger partial charge in [0.25, 0.3) is 0 Å². The summed E-state index contributed by atoms with van der Waals surface area (Å²) in [5, 5.41) is 0. The largest absolute Gasteiger partial charge is 0.342 e. The highest BCUT2D eigenvalue weighted by Gasteiger charge is 2.36. The highest BCUT2D eigenvalue weighted by Crippen LogP contribution is 2.24. The lowest BCUT2D eigenvalue weighted by Crippen LogP contribution is -2.37. The average Bonchev–Trinajstić information content (AvgIpc) is 3.03. The quantitative estimate of drug-likeness (QED) is 0.782. The first-order valence-electron chi connectivity index (χ1n) is 9.38. The number of carbonyl (C=O) groups excluding carboxylic acids is 2. The van der Waals surface area contributed by atoms with Gasteiger partial charge in [0.2, 0.25) is 11.8 Å². The Kier molecular flexibility index (Phi) is 5.89. The Bertz CT molecular complexity index is 819. The second kappa shape index (κ2) is 8.33. The number of hydrogen-bond acceptors (Lipinski definition) is 2. The van der Waals surface area contributed by atoms with E-state index in [0.29, 0.717) is 26.1 Å². The first kappa shape index (κ1) is 19.1. The highest BCUT2D eigenvalue weighted by molar-refractivity contribution is 5.99. The summed E-state index contributed by atoms with van der Waals surface area (Å²) in [6, 6.07) is 14.2. The second-order valence-corrected chi connectivity index (χ2v) is 7.04.